The number of carbonyl (C=O) groups is 3. The van der Waals surface area contributed by atoms with Gasteiger partial charge in [-0.15, -0.1) is 0 Å². The molecule has 30 heavy (non-hydrogen) atoms. The van der Waals surface area contributed by atoms with Crippen molar-refractivity contribution < 1.29 is 39.2 Å². The zero-order valence-electron chi connectivity index (χ0n) is 16.3. The number of halogens is 1. The fourth-order valence-electron chi connectivity index (χ4n) is 2.64. The van der Waals surface area contributed by atoms with Crippen LogP contribution >= 0.6 is 11.6 Å². The Morgan fingerprint density at radius 2 is 1.83 bits per heavy atom. The van der Waals surface area contributed by atoms with Crippen molar-refractivity contribution in [1.82, 2.24) is 0 Å². The van der Waals surface area contributed by atoms with Gasteiger partial charge in [0.2, 0.25) is 5.78 Å². The summed E-state index contributed by atoms with van der Waals surface area (Å²) < 4.78 is 10.4. The fourth-order valence-corrected chi connectivity index (χ4v) is 2.87. The van der Waals surface area contributed by atoms with Gasteiger partial charge in [0, 0.05) is 5.56 Å². The number of aromatic hydroxyl groups is 1. The molecule has 1 atom stereocenters. The van der Waals surface area contributed by atoms with Gasteiger partial charge in [0.15, 0.2) is 5.75 Å². The van der Waals surface area contributed by atoms with E-state index >= 15 is 0 Å². The maximum atomic E-state index is 13.1. The number of carboxylic acid groups (broad SMARTS) is 2. The summed E-state index contributed by atoms with van der Waals surface area (Å²) in [6.07, 6.45) is 2.26. The molecule has 0 aliphatic rings. The quantitative estimate of drug-likeness (QED) is 0.421. The Morgan fingerprint density at radius 1 is 1.17 bits per heavy atom. The van der Waals surface area contributed by atoms with Crippen LogP contribution in [0.2, 0.25) is 5.02 Å². The van der Waals surface area contributed by atoms with Gasteiger partial charge < -0.3 is 24.8 Å². The van der Waals surface area contributed by atoms with E-state index in [2.05, 4.69) is 0 Å². The van der Waals surface area contributed by atoms with E-state index in [4.69, 9.17) is 26.2 Å². The first-order valence-electron chi connectivity index (χ1n) is 8.63. The molecule has 2 rings (SSSR count). The summed E-state index contributed by atoms with van der Waals surface area (Å²) in [7, 11) is 1.27. The topological polar surface area (TPSA) is 130 Å². The van der Waals surface area contributed by atoms with Crippen LogP contribution in [0.15, 0.2) is 36.6 Å². The van der Waals surface area contributed by atoms with Crippen LogP contribution in [0.25, 0.3) is 0 Å². The number of aliphatic carboxylic acids is 1. The monoisotopic (exact) mass is 434 g/mol. The van der Waals surface area contributed by atoms with Gasteiger partial charge in [-0.1, -0.05) is 17.7 Å². The predicted octanol–water partition coefficient (Wildman–Crippen LogP) is 3.91. The Labute approximate surface area is 176 Å². The number of methoxy groups -OCH3 is 1. The molecule has 0 heterocycles. The molecule has 0 saturated heterocycles. The number of ether oxygens (including phenoxy) is 2. The molecule has 8 nitrogen and oxygen atoms in total. The third kappa shape index (κ3) is 4.55. The minimum atomic E-state index is -1.45. The van der Waals surface area contributed by atoms with Crippen LogP contribution in [0.5, 0.6) is 17.2 Å². The Balaban J connectivity index is 2.58. The molecule has 2 aromatic carbocycles. The van der Waals surface area contributed by atoms with Gasteiger partial charge in [-0.25, -0.2) is 4.79 Å². The zero-order chi connectivity index (χ0) is 22.6. The number of benzene rings is 2. The molecule has 0 amide bonds. The van der Waals surface area contributed by atoms with Crippen molar-refractivity contribution in [3.63, 3.8) is 0 Å². The third-order valence-electron chi connectivity index (χ3n) is 4.25. The highest BCUT2D eigenvalue weighted by Crippen LogP contribution is 2.40. The SMILES string of the molecule is COc1c(Cl)c(C)cc(O)c1C(=O)c1cccc(OC=C[C@@H](C)C(=O)O)c1C(=O)O. The van der Waals surface area contributed by atoms with Gasteiger partial charge in [-0.3, -0.25) is 9.59 Å². The zero-order valence-corrected chi connectivity index (χ0v) is 17.1. The molecule has 0 aliphatic heterocycles. The number of phenols is 1. The molecule has 0 bridgehead atoms. The average molecular weight is 435 g/mol. The van der Waals surface area contributed by atoms with Crippen LogP contribution < -0.4 is 9.47 Å². The molecular formula is C21H19ClO8. The molecule has 0 saturated carbocycles. The second kappa shape index (κ2) is 9.32. The summed E-state index contributed by atoms with van der Waals surface area (Å²) in [6.45, 7) is 3.02. The van der Waals surface area contributed by atoms with Gasteiger partial charge in [-0.05, 0) is 43.7 Å². The first-order chi connectivity index (χ1) is 14.1. The van der Waals surface area contributed by atoms with E-state index in [1.807, 2.05) is 0 Å². The van der Waals surface area contributed by atoms with Gasteiger partial charge in [0.05, 0.1) is 24.3 Å². The van der Waals surface area contributed by atoms with Gasteiger partial charge >= 0.3 is 11.9 Å². The normalized spacial score (nSPS) is 11.9. The van der Waals surface area contributed by atoms with Crippen molar-refractivity contribution in [1.29, 1.82) is 0 Å². The first kappa shape index (κ1) is 22.8. The van der Waals surface area contributed by atoms with E-state index < -0.39 is 35.0 Å². The predicted molar refractivity (Wildman–Crippen MR) is 108 cm³/mol. The summed E-state index contributed by atoms with van der Waals surface area (Å²) in [6, 6.07) is 5.24. The lowest BCUT2D eigenvalue weighted by atomic mass is 9.95. The molecule has 3 N–H and O–H groups in total. The highest BCUT2D eigenvalue weighted by atomic mass is 35.5. The number of hydrogen-bond acceptors (Lipinski definition) is 6. The molecule has 9 heteroatoms. The Hall–Kier alpha value is -3.52. The minimum absolute atomic E-state index is 0.0861. The van der Waals surface area contributed by atoms with Crippen molar-refractivity contribution in [3.8, 4) is 17.2 Å². The summed E-state index contributed by atoms with van der Waals surface area (Å²) >= 11 is 6.17. The lowest BCUT2D eigenvalue weighted by Gasteiger charge is -2.15. The molecule has 0 aliphatic carbocycles. The molecule has 2 aromatic rings. The summed E-state index contributed by atoms with van der Waals surface area (Å²) in [5.41, 5.74) is -0.555. The van der Waals surface area contributed by atoms with E-state index in [-0.39, 0.29) is 27.6 Å². The Kier molecular flexibility index (Phi) is 7.07. The van der Waals surface area contributed by atoms with Crippen molar-refractivity contribution in [2.75, 3.05) is 7.11 Å². The smallest absolute Gasteiger partial charge is 0.340 e. The van der Waals surface area contributed by atoms with Crippen LogP contribution in [-0.4, -0.2) is 40.2 Å². The largest absolute Gasteiger partial charge is 0.507 e. The molecule has 0 spiro atoms. The third-order valence-corrected chi connectivity index (χ3v) is 4.72. The Morgan fingerprint density at radius 3 is 2.40 bits per heavy atom. The van der Waals surface area contributed by atoms with Crippen LogP contribution in [-0.2, 0) is 4.79 Å². The van der Waals surface area contributed by atoms with Crippen LogP contribution in [0.3, 0.4) is 0 Å². The number of rotatable bonds is 8. The standard InChI is InChI=1S/C21H19ClO8/c1-10(20(25)26)7-8-30-14-6-4-5-12(15(14)21(27)28)18(24)16-13(23)9-11(2)17(22)19(16)29-3/h4-10,23H,1-3H3,(H,25,26)(H,27,28)/t10-/m1/s1. The lowest BCUT2D eigenvalue weighted by molar-refractivity contribution is -0.139. The minimum Gasteiger partial charge on any atom is -0.507 e. The van der Waals surface area contributed by atoms with Gasteiger partial charge in [0.25, 0.3) is 0 Å². The van der Waals surface area contributed by atoms with Crippen molar-refractivity contribution in [2.24, 2.45) is 5.92 Å². The highest BCUT2D eigenvalue weighted by Gasteiger charge is 2.28. The number of carbonyl (C=O) groups excluding carboxylic acids is 1. The second-order valence-electron chi connectivity index (χ2n) is 6.32. The van der Waals surface area contributed by atoms with Gasteiger partial charge in [-0.2, -0.15) is 0 Å². The molecule has 0 fully saturated rings. The lowest BCUT2D eigenvalue weighted by Crippen LogP contribution is -2.13. The number of hydrogen-bond donors (Lipinski definition) is 3. The van der Waals surface area contributed by atoms with Crippen LogP contribution in [0.1, 0.15) is 38.8 Å². The molecule has 0 unspecified atom stereocenters. The summed E-state index contributed by atoms with van der Waals surface area (Å²) in [5.74, 6) is -4.93. The molecule has 0 aromatic heterocycles. The summed E-state index contributed by atoms with van der Waals surface area (Å²) in [4.78, 5) is 35.9. The molecule has 0 radical (unpaired) electrons. The fraction of sp³-hybridized carbons (Fsp3) is 0.190. The van der Waals surface area contributed by atoms with Crippen molar-refractivity contribution >= 4 is 29.3 Å². The van der Waals surface area contributed by atoms with E-state index in [1.165, 1.54) is 44.4 Å². The Bertz CT molecular complexity index is 1040. The second-order valence-corrected chi connectivity index (χ2v) is 6.70. The maximum Gasteiger partial charge on any atom is 0.340 e. The van der Waals surface area contributed by atoms with Gasteiger partial charge in [0.1, 0.15) is 22.6 Å². The number of phenolic OH excluding ortho intramolecular Hbond substituents is 1. The average Bonchev–Trinajstić information content (AvgIpc) is 2.69. The first-order valence-corrected chi connectivity index (χ1v) is 9.01. The van der Waals surface area contributed by atoms with Crippen LogP contribution in [0.4, 0.5) is 0 Å². The molecular weight excluding hydrogens is 416 g/mol. The van der Waals surface area contributed by atoms with E-state index in [0.29, 0.717) is 5.56 Å². The van der Waals surface area contributed by atoms with E-state index in [0.717, 1.165) is 6.26 Å². The maximum absolute atomic E-state index is 13.1. The molecule has 158 valence electrons. The number of aromatic carboxylic acids is 1. The van der Waals surface area contributed by atoms with Crippen LogP contribution in [0, 0.1) is 12.8 Å². The van der Waals surface area contributed by atoms with E-state index in [9.17, 15) is 24.6 Å². The summed E-state index contributed by atoms with van der Waals surface area (Å²) in [5, 5.41) is 29.0. The number of aryl methyl sites for hydroxylation is 1. The van der Waals surface area contributed by atoms with Crippen molar-refractivity contribution in [2.45, 2.75) is 13.8 Å². The number of carboxylic acids is 2. The highest BCUT2D eigenvalue weighted by molar-refractivity contribution is 6.34. The van der Waals surface area contributed by atoms with E-state index in [1.54, 1.807) is 6.92 Å². The number of ketones is 1. The van der Waals surface area contributed by atoms with Crippen molar-refractivity contribution in [3.05, 3.63) is 63.9 Å².